The first-order valence-electron chi connectivity index (χ1n) is 9.08. The third-order valence-corrected chi connectivity index (χ3v) is 5.73. The van der Waals surface area contributed by atoms with Gasteiger partial charge in [-0.2, -0.15) is 0 Å². The summed E-state index contributed by atoms with van der Waals surface area (Å²) in [5, 5.41) is 0. The van der Waals surface area contributed by atoms with Gasteiger partial charge in [-0.15, -0.1) is 11.8 Å². The smallest absolute Gasteiger partial charge is 0.223 e. The maximum Gasteiger partial charge on any atom is 0.223 e. The number of amides is 1. The topological polar surface area (TPSA) is 37.4 Å². The first-order valence-corrected chi connectivity index (χ1v) is 10.3. The van der Waals surface area contributed by atoms with Gasteiger partial charge in [0.05, 0.1) is 0 Å². The van der Waals surface area contributed by atoms with Crippen LogP contribution in [0.2, 0.25) is 0 Å². The summed E-state index contributed by atoms with van der Waals surface area (Å²) in [5.41, 5.74) is 4.51. The number of hydrogen-bond donors (Lipinski definition) is 0. The fraction of sp³-hybridized carbons (Fsp3) is 0.364. The lowest BCUT2D eigenvalue weighted by molar-refractivity contribution is -0.130. The number of carbonyl (C=O) groups excluding carboxylic acids is 2. The van der Waals surface area contributed by atoms with Crippen LogP contribution in [0.15, 0.2) is 47.4 Å². The summed E-state index contributed by atoms with van der Waals surface area (Å²) >= 11 is 1.70. The van der Waals surface area contributed by atoms with Crippen LogP contribution in [0.1, 0.15) is 46.3 Å². The van der Waals surface area contributed by atoms with Gasteiger partial charge in [-0.1, -0.05) is 24.3 Å². The van der Waals surface area contributed by atoms with Crippen LogP contribution in [0.25, 0.3) is 0 Å². The molecule has 0 radical (unpaired) electrons. The van der Waals surface area contributed by atoms with Crippen molar-refractivity contribution in [3.05, 3.63) is 64.7 Å². The van der Waals surface area contributed by atoms with E-state index < -0.39 is 0 Å². The molecule has 1 aliphatic rings. The summed E-state index contributed by atoms with van der Waals surface area (Å²) < 4.78 is 0. The lowest BCUT2D eigenvalue weighted by Crippen LogP contribution is -2.26. The number of carbonyl (C=O) groups is 2. The summed E-state index contributed by atoms with van der Waals surface area (Å²) in [6, 6.07) is 14.2. The number of fused-ring (bicyclic) bond motifs is 1. The quantitative estimate of drug-likeness (QED) is 0.533. The number of aryl methyl sites for hydroxylation is 2. The van der Waals surface area contributed by atoms with Crippen molar-refractivity contribution in [2.45, 2.75) is 43.5 Å². The molecule has 0 fully saturated rings. The predicted molar refractivity (Wildman–Crippen MR) is 107 cm³/mol. The molecule has 1 amide bonds. The molecule has 136 valence electrons. The first-order chi connectivity index (χ1) is 12.6. The summed E-state index contributed by atoms with van der Waals surface area (Å²) in [6.45, 7) is 0.570. The average molecular weight is 368 g/mol. The van der Waals surface area contributed by atoms with Crippen molar-refractivity contribution in [3.63, 3.8) is 0 Å². The molecule has 2 aromatic carbocycles. The molecule has 2 aromatic rings. The highest BCUT2D eigenvalue weighted by Crippen LogP contribution is 2.23. The van der Waals surface area contributed by atoms with E-state index in [9.17, 15) is 9.59 Å². The van der Waals surface area contributed by atoms with Crippen molar-refractivity contribution in [1.82, 2.24) is 4.90 Å². The summed E-state index contributed by atoms with van der Waals surface area (Å²) in [6.07, 6.45) is 5.93. The summed E-state index contributed by atoms with van der Waals surface area (Å²) in [5.74, 6) is 0.0687. The normalized spacial score (nSPS) is 12.7. The molecule has 0 bridgehead atoms. The average Bonchev–Trinajstić information content (AvgIpc) is 3.14. The Kier molecular flexibility index (Phi) is 6.15. The molecular weight excluding hydrogens is 342 g/mol. The van der Waals surface area contributed by atoms with Gasteiger partial charge in [0.2, 0.25) is 5.91 Å². The number of rotatable bonds is 7. The van der Waals surface area contributed by atoms with Gasteiger partial charge in [0.1, 0.15) is 0 Å². The molecule has 0 unspecified atom stereocenters. The SMILES string of the molecule is CSc1ccc(CN(C)C(=O)CCC(=O)c2ccc3c(c2)CCC3)cc1. The molecule has 0 atom stereocenters. The second-order valence-corrected chi connectivity index (χ2v) is 7.74. The molecular formula is C22H25NO2S. The minimum atomic E-state index is 0.00783. The molecule has 3 nitrogen and oxygen atoms in total. The lowest BCUT2D eigenvalue weighted by Gasteiger charge is -2.17. The van der Waals surface area contributed by atoms with E-state index in [0.717, 1.165) is 24.0 Å². The summed E-state index contributed by atoms with van der Waals surface area (Å²) in [7, 11) is 1.80. The largest absolute Gasteiger partial charge is 0.341 e. The van der Waals surface area contributed by atoms with Crippen molar-refractivity contribution in [1.29, 1.82) is 0 Å². The molecule has 1 aliphatic carbocycles. The maximum absolute atomic E-state index is 12.4. The highest BCUT2D eigenvalue weighted by atomic mass is 32.2. The number of nitrogens with zero attached hydrogens (tertiary/aromatic N) is 1. The molecule has 0 spiro atoms. The van der Waals surface area contributed by atoms with Gasteiger partial charge in [-0.25, -0.2) is 0 Å². The molecule has 0 N–H and O–H groups in total. The molecule has 0 saturated carbocycles. The van der Waals surface area contributed by atoms with Gasteiger partial charge in [0, 0.05) is 36.9 Å². The van der Waals surface area contributed by atoms with Crippen LogP contribution < -0.4 is 0 Å². The van der Waals surface area contributed by atoms with Crippen molar-refractivity contribution in [2.75, 3.05) is 13.3 Å². The Morgan fingerprint density at radius 1 is 1.00 bits per heavy atom. The minimum absolute atomic E-state index is 0.00783. The Morgan fingerprint density at radius 2 is 1.73 bits per heavy atom. The zero-order chi connectivity index (χ0) is 18.5. The van der Waals surface area contributed by atoms with E-state index in [-0.39, 0.29) is 24.5 Å². The van der Waals surface area contributed by atoms with Crippen molar-refractivity contribution >= 4 is 23.5 Å². The van der Waals surface area contributed by atoms with Crippen LogP contribution in [-0.4, -0.2) is 29.9 Å². The van der Waals surface area contributed by atoms with Crippen molar-refractivity contribution < 1.29 is 9.59 Å². The van der Waals surface area contributed by atoms with E-state index in [0.29, 0.717) is 6.54 Å². The second kappa shape index (κ2) is 8.54. The van der Waals surface area contributed by atoms with Gasteiger partial charge < -0.3 is 4.90 Å². The Labute approximate surface area is 159 Å². The fourth-order valence-electron chi connectivity index (χ4n) is 3.39. The molecule has 0 aliphatic heterocycles. The maximum atomic E-state index is 12.4. The molecule has 0 aromatic heterocycles. The van der Waals surface area contributed by atoms with E-state index in [1.807, 2.05) is 30.5 Å². The van der Waals surface area contributed by atoms with Crippen molar-refractivity contribution in [2.24, 2.45) is 0 Å². The van der Waals surface area contributed by atoms with Gasteiger partial charge in [-0.3, -0.25) is 9.59 Å². The van der Waals surface area contributed by atoms with Crippen LogP contribution in [-0.2, 0) is 24.2 Å². The highest BCUT2D eigenvalue weighted by Gasteiger charge is 2.16. The first kappa shape index (κ1) is 18.7. The Bertz CT molecular complexity index is 798. The number of ketones is 1. The third kappa shape index (κ3) is 4.55. The Morgan fingerprint density at radius 3 is 2.46 bits per heavy atom. The van der Waals surface area contributed by atoms with Crippen LogP contribution in [0, 0.1) is 0 Å². The second-order valence-electron chi connectivity index (χ2n) is 6.86. The molecule has 0 saturated heterocycles. The van der Waals surface area contributed by atoms with Crippen LogP contribution in [0.4, 0.5) is 0 Å². The standard InChI is InChI=1S/C22H25NO2S/c1-23(15-16-6-10-20(26-2)11-7-16)22(25)13-12-21(24)19-9-8-17-4-3-5-18(17)14-19/h6-11,14H,3-5,12-13,15H2,1-2H3. The molecule has 4 heteroatoms. The van der Waals surface area contributed by atoms with Crippen LogP contribution in [0.5, 0.6) is 0 Å². The molecule has 0 heterocycles. The third-order valence-electron chi connectivity index (χ3n) is 4.99. The zero-order valence-electron chi connectivity index (χ0n) is 15.5. The van der Waals surface area contributed by atoms with E-state index in [1.54, 1.807) is 23.7 Å². The number of Topliss-reactive ketones (excluding diaryl/α,β-unsaturated/α-hetero) is 1. The Hall–Kier alpha value is -2.07. The van der Waals surface area contributed by atoms with Gasteiger partial charge in [0.15, 0.2) is 5.78 Å². The van der Waals surface area contributed by atoms with Gasteiger partial charge >= 0.3 is 0 Å². The highest BCUT2D eigenvalue weighted by molar-refractivity contribution is 7.98. The van der Waals surface area contributed by atoms with E-state index in [4.69, 9.17) is 0 Å². The van der Waals surface area contributed by atoms with Crippen LogP contribution >= 0.6 is 11.8 Å². The number of benzene rings is 2. The van der Waals surface area contributed by atoms with Crippen LogP contribution in [0.3, 0.4) is 0 Å². The van der Waals surface area contributed by atoms with Gasteiger partial charge in [0.25, 0.3) is 0 Å². The van der Waals surface area contributed by atoms with Crippen molar-refractivity contribution in [3.8, 4) is 0 Å². The monoisotopic (exact) mass is 367 g/mol. The van der Waals surface area contributed by atoms with E-state index >= 15 is 0 Å². The van der Waals surface area contributed by atoms with E-state index in [2.05, 4.69) is 18.2 Å². The Balaban J connectivity index is 1.51. The predicted octanol–water partition coefficient (Wildman–Crippen LogP) is 4.52. The van der Waals surface area contributed by atoms with E-state index in [1.165, 1.54) is 22.4 Å². The zero-order valence-corrected chi connectivity index (χ0v) is 16.3. The molecule has 26 heavy (non-hydrogen) atoms. The van der Waals surface area contributed by atoms with Gasteiger partial charge in [-0.05, 0) is 60.4 Å². The molecule has 3 rings (SSSR count). The lowest BCUT2D eigenvalue weighted by atomic mass is 10.0. The number of thioether (sulfide) groups is 1. The summed E-state index contributed by atoms with van der Waals surface area (Å²) in [4.78, 5) is 27.7. The number of hydrogen-bond acceptors (Lipinski definition) is 3. The fourth-order valence-corrected chi connectivity index (χ4v) is 3.80. The minimum Gasteiger partial charge on any atom is -0.341 e.